The Morgan fingerprint density at radius 3 is 1.59 bits per heavy atom. The second-order valence-corrected chi connectivity index (χ2v) is 3.70. The highest BCUT2D eigenvalue weighted by Crippen LogP contribution is 2.42. The van der Waals surface area contributed by atoms with Crippen LogP contribution in [0.3, 0.4) is 0 Å². The van der Waals surface area contributed by atoms with E-state index in [-0.39, 0.29) is 0 Å². The van der Waals surface area contributed by atoms with E-state index in [9.17, 15) is 26.3 Å². The summed E-state index contributed by atoms with van der Waals surface area (Å²) in [6.07, 6.45) is -4.67. The highest BCUT2D eigenvalue weighted by atomic mass is 31.2. The zero-order chi connectivity index (χ0) is 13.5. The molecule has 0 heterocycles. The molecule has 0 atom stereocenters. The Bertz CT molecular complexity index is 240. The summed E-state index contributed by atoms with van der Waals surface area (Å²) in [7, 11) is -2.78. The molecular weight excluding hydrogens is 277 g/mol. The van der Waals surface area contributed by atoms with Crippen LogP contribution in [0.4, 0.5) is 26.3 Å². The summed E-state index contributed by atoms with van der Waals surface area (Å²) >= 11 is 0. The minimum Gasteiger partial charge on any atom is -0.303 e. The van der Waals surface area contributed by atoms with Crippen LogP contribution < -0.4 is 0 Å². The molecule has 0 bridgehead atoms. The third-order valence-corrected chi connectivity index (χ3v) is 1.94. The van der Waals surface area contributed by atoms with Gasteiger partial charge in [-0.05, 0) is 0 Å². The van der Waals surface area contributed by atoms with E-state index in [0.717, 1.165) is 0 Å². The van der Waals surface area contributed by atoms with E-state index in [1.165, 1.54) is 0 Å². The predicted molar refractivity (Wildman–Crippen MR) is 45.7 cm³/mol. The van der Waals surface area contributed by atoms with Crippen molar-refractivity contribution in [1.82, 2.24) is 0 Å². The van der Waals surface area contributed by atoms with Gasteiger partial charge in [0.05, 0.1) is 0 Å². The monoisotopic (exact) mass is 284 g/mol. The number of halogens is 6. The minimum atomic E-state index is -4.69. The van der Waals surface area contributed by atoms with E-state index in [1.54, 1.807) is 0 Å². The first-order valence-corrected chi connectivity index (χ1v) is 4.99. The van der Waals surface area contributed by atoms with Crippen molar-refractivity contribution < 1.29 is 39.9 Å². The van der Waals surface area contributed by atoms with Crippen molar-refractivity contribution in [3.05, 3.63) is 0 Å². The van der Waals surface area contributed by atoms with Gasteiger partial charge in [-0.15, -0.1) is 6.42 Å². The zero-order valence-electron chi connectivity index (χ0n) is 8.14. The van der Waals surface area contributed by atoms with Gasteiger partial charge in [0, 0.05) is 0 Å². The van der Waals surface area contributed by atoms with Gasteiger partial charge in [0.2, 0.25) is 0 Å². The summed E-state index contributed by atoms with van der Waals surface area (Å²) in [5.74, 6) is 1.86. The molecule has 0 N–H and O–H groups in total. The Morgan fingerprint density at radius 2 is 1.29 bits per heavy atom. The highest BCUT2D eigenvalue weighted by molar-refractivity contribution is 7.41. The second kappa shape index (κ2) is 7.01. The van der Waals surface area contributed by atoms with Crippen molar-refractivity contribution in [2.24, 2.45) is 0 Å². The number of terminal acetylenes is 1. The van der Waals surface area contributed by atoms with Crippen LogP contribution in [0, 0.1) is 12.3 Å². The van der Waals surface area contributed by atoms with Crippen LogP contribution in [0.15, 0.2) is 0 Å². The largest absolute Gasteiger partial charge is 0.412 e. The normalized spacial score (nSPS) is 12.8. The molecule has 3 nitrogen and oxygen atoms in total. The zero-order valence-corrected chi connectivity index (χ0v) is 9.03. The summed E-state index contributed by atoms with van der Waals surface area (Å²) in [5.41, 5.74) is 0. The van der Waals surface area contributed by atoms with E-state index < -0.39 is 40.8 Å². The molecule has 10 heteroatoms. The fourth-order valence-electron chi connectivity index (χ4n) is 0.454. The third-order valence-electron chi connectivity index (χ3n) is 0.921. The van der Waals surface area contributed by atoms with Crippen molar-refractivity contribution in [2.45, 2.75) is 12.4 Å². The molecule has 17 heavy (non-hydrogen) atoms. The van der Waals surface area contributed by atoms with Crippen LogP contribution in [0.1, 0.15) is 0 Å². The van der Waals surface area contributed by atoms with Crippen LogP contribution in [-0.4, -0.2) is 32.2 Å². The van der Waals surface area contributed by atoms with Crippen molar-refractivity contribution in [1.29, 1.82) is 0 Å². The molecule has 0 rings (SSSR count). The lowest BCUT2D eigenvalue weighted by atomic mass is 10.7. The fraction of sp³-hybridized carbons (Fsp3) is 0.714. The molecule has 0 spiro atoms. The summed E-state index contributed by atoms with van der Waals surface area (Å²) in [4.78, 5) is 0. The van der Waals surface area contributed by atoms with Crippen LogP contribution in [0.5, 0.6) is 0 Å². The number of hydrogen-bond acceptors (Lipinski definition) is 3. The van der Waals surface area contributed by atoms with Crippen LogP contribution in [-0.2, 0) is 13.6 Å². The summed E-state index contributed by atoms with van der Waals surface area (Å²) in [6.45, 7) is -4.07. The van der Waals surface area contributed by atoms with Gasteiger partial charge in [0.1, 0.15) is 6.61 Å². The first kappa shape index (κ1) is 16.4. The van der Waals surface area contributed by atoms with Gasteiger partial charge < -0.3 is 9.05 Å². The van der Waals surface area contributed by atoms with Crippen LogP contribution >= 0.6 is 8.60 Å². The molecular formula is C7H7F6O3P. The van der Waals surface area contributed by atoms with Crippen molar-refractivity contribution in [2.75, 3.05) is 19.8 Å². The maximum Gasteiger partial charge on any atom is 0.412 e. The molecule has 0 aliphatic rings. The van der Waals surface area contributed by atoms with Gasteiger partial charge in [-0.2, -0.15) is 26.3 Å². The molecule has 0 amide bonds. The molecule has 0 saturated carbocycles. The second-order valence-electron chi connectivity index (χ2n) is 2.48. The molecule has 0 aromatic heterocycles. The summed E-state index contributed by atoms with van der Waals surface area (Å²) in [6, 6.07) is 0. The van der Waals surface area contributed by atoms with E-state index >= 15 is 0 Å². The van der Waals surface area contributed by atoms with Gasteiger partial charge in [-0.1, -0.05) is 5.92 Å². The lowest BCUT2D eigenvalue weighted by Gasteiger charge is -2.17. The average molecular weight is 284 g/mol. The van der Waals surface area contributed by atoms with Gasteiger partial charge in [-0.3, -0.25) is 4.52 Å². The standard InChI is InChI=1S/C7H7F6O3P/c1-2-3-14-17(15-4-6(8,9)10)16-5-7(11,12)13/h1H,3-5H2. The molecule has 0 saturated heterocycles. The average Bonchev–Trinajstić information content (AvgIpc) is 2.13. The van der Waals surface area contributed by atoms with Crippen molar-refractivity contribution in [3.63, 3.8) is 0 Å². The Morgan fingerprint density at radius 1 is 0.882 bits per heavy atom. The quantitative estimate of drug-likeness (QED) is 0.426. The van der Waals surface area contributed by atoms with Crippen LogP contribution in [0.2, 0.25) is 0 Å². The number of hydrogen-bond donors (Lipinski definition) is 0. The highest BCUT2D eigenvalue weighted by Gasteiger charge is 2.34. The molecule has 0 unspecified atom stereocenters. The molecule has 0 aliphatic carbocycles. The van der Waals surface area contributed by atoms with E-state index in [4.69, 9.17) is 6.42 Å². The first-order valence-electron chi connectivity index (χ1n) is 3.90. The number of rotatable bonds is 6. The Kier molecular flexibility index (Phi) is 6.78. The Hall–Kier alpha value is -0.550. The third kappa shape index (κ3) is 11.7. The summed E-state index contributed by atoms with van der Waals surface area (Å²) < 4.78 is 82.7. The lowest BCUT2D eigenvalue weighted by molar-refractivity contribution is -0.166. The predicted octanol–water partition coefficient (Wildman–Crippen LogP) is 3.02. The molecule has 0 aliphatic heterocycles. The van der Waals surface area contributed by atoms with Gasteiger partial charge in [-0.25, -0.2) is 0 Å². The van der Waals surface area contributed by atoms with E-state index in [0.29, 0.717) is 0 Å². The Balaban J connectivity index is 4.10. The maximum atomic E-state index is 11.7. The topological polar surface area (TPSA) is 27.7 Å². The minimum absolute atomic E-state index is 0.512. The van der Waals surface area contributed by atoms with Gasteiger partial charge >= 0.3 is 21.0 Å². The van der Waals surface area contributed by atoms with E-state index in [1.807, 2.05) is 5.92 Å². The smallest absolute Gasteiger partial charge is 0.303 e. The molecule has 0 radical (unpaired) electrons. The number of alkyl halides is 6. The maximum absolute atomic E-state index is 11.7. The molecule has 0 aromatic rings. The first-order chi connectivity index (χ1) is 7.64. The van der Waals surface area contributed by atoms with E-state index in [2.05, 4.69) is 13.6 Å². The molecule has 0 aromatic carbocycles. The molecule has 0 fully saturated rings. The fourth-order valence-corrected chi connectivity index (χ4v) is 1.36. The summed E-state index contributed by atoms with van der Waals surface area (Å²) in [5, 5.41) is 0. The van der Waals surface area contributed by atoms with Crippen molar-refractivity contribution >= 4 is 8.60 Å². The van der Waals surface area contributed by atoms with Gasteiger partial charge in [0.15, 0.2) is 13.2 Å². The van der Waals surface area contributed by atoms with Gasteiger partial charge in [0.25, 0.3) is 0 Å². The Labute approximate surface area is 94.0 Å². The lowest BCUT2D eigenvalue weighted by Crippen LogP contribution is -2.19. The van der Waals surface area contributed by atoms with Crippen molar-refractivity contribution in [3.8, 4) is 12.3 Å². The van der Waals surface area contributed by atoms with Crippen LogP contribution in [0.25, 0.3) is 0 Å². The molecule has 100 valence electrons. The SMILES string of the molecule is C#CCOP(OCC(F)(F)F)OCC(F)(F)F.